The molecule has 0 spiro atoms. The number of aliphatic carboxylic acids is 1. The summed E-state index contributed by atoms with van der Waals surface area (Å²) in [6, 6.07) is 5.36. The second-order valence-corrected chi connectivity index (χ2v) is 16.9. The molecule has 0 saturated carbocycles. The summed E-state index contributed by atoms with van der Waals surface area (Å²) in [6.07, 6.45) is -0.684. The Morgan fingerprint density at radius 3 is 1.65 bits per heavy atom. The zero-order valence-electron chi connectivity index (χ0n) is 39.1. The van der Waals surface area contributed by atoms with Gasteiger partial charge < -0.3 is 70.4 Å². The number of hydrogen-bond acceptors (Lipinski definition) is 13. The van der Waals surface area contributed by atoms with Crippen LogP contribution >= 0.6 is 0 Å². The molecule has 7 atom stereocenters. The number of guanidine groups is 1. The Hall–Kier alpha value is -7.14. The molecule has 0 unspecified atom stereocenters. The highest BCUT2D eigenvalue weighted by molar-refractivity contribution is 5.98. The molecule has 68 heavy (non-hydrogen) atoms. The fourth-order valence-corrected chi connectivity index (χ4v) is 6.49. The normalized spacial score (nSPS) is 14.1. The van der Waals surface area contributed by atoms with Crippen LogP contribution < -0.4 is 60.2 Å². The summed E-state index contributed by atoms with van der Waals surface area (Å²) in [6.45, 7) is 7.44. The number of aliphatic imine (C=N–C) groups is 1. The Morgan fingerprint density at radius 2 is 1.10 bits per heavy atom. The molecule has 2 rings (SSSR count). The van der Waals surface area contributed by atoms with Gasteiger partial charge in [0.25, 0.3) is 0 Å². The molecule has 374 valence electrons. The van der Waals surface area contributed by atoms with E-state index in [1.165, 1.54) is 19.1 Å². The van der Waals surface area contributed by atoms with E-state index in [0.29, 0.717) is 17.5 Å². The number of rotatable bonds is 29. The summed E-state index contributed by atoms with van der Waals surface area (Å²) in [4.78, 5) is 123. The number of phenolic OH excluding ortho intramolecular Hbond substituents is 1. The number of nitrogens with one attached hydrogen (secondary N) is 7. The van der Waals surface area contributed by atoms with Crippen LogP contribution in [0.3, 0.4) is 0 Å². The molecular formula is C45H68N12O11. The van der Waals surface area contributed by atoms with E-state index in [1.54, 1.807) is 70.2 Å². The minimum absolute atomic E-state index is 0.0320. The van der Waals surface area contributed by atoms with Gasteiger partial charge in [0.05, 0.1) is 19.1 Å². The van der Waals surface area contributed by atoms with Crippen molar-refractivity contribution in [3.63, 3.8) is 0 Å². The Bertz CT molecular complexity index is 2060. The van der Waals surface area contributed by atoms with Gasteiger partial charge in [-0.15, -0.1) is 0 Å². The topological polar surface area (TPSA) is 395 Å². The molecule has 0 radical (unpaired) electrons. The number of Topliss-reactive ketones (excluding diaryl/α,β-unsaturated/α-hetero) is 1. The van der Waals surface area contributed by atoms with Gasteiger partial charge >= 0.3 is 5.97 Å². The predicted molar refractivity (Wildman–Crippen MR) is 251 cm³/mol. The standard InChI is InChI=1S/C45H68N12O11/c1-24(2)36(43(67)51-23-30(59)22-46)57-44(68)37(25(3)4)56-40(64)32(17-18-35(60)61)53-42(66)34(20-27-10-7-6-8-11-27)54-38(62)26(5)52-41(65)33(21-28-13-15-29(58)16-14-28)55-39(63)31(47)12-9-19-50-45(48)49/h6-8,10-11,13-16,24-26,31-34,36-37,58H,9,12,17-23,46-47H2,1-5H3,(H,51,67)(H,52,65)(H,53,66)(H,54,62)(H,55,63)(H,56,64)(H,57,68)(H,60,61)(H4,48,49,50)/t26-,31+,32+,33+,34+,36+,37+/m1/s1. The first-order valence-corrected chi connectivity index (χ1v) is 22.2. The van der Waals surface area contributed by atoms with Crippen molar-refractivity contribution in [1.82, 2.24) is 37.2 Å². The Labute approximate surface area is 395 Å². The second-order valence-electron chi connectivity index (χ2n) is 16.9. The van der Waals surface area contributed by atoms with Crippen LogP contribution in [0.4, 0.5) is 0 Å². The number of carbonyl (C=O) groups excluding carboxylic acids is 8. The molecule has 7 amide bonds. The first-order chi connectivity index (χ1) is 32.0. The molecule has 2 aromatic rings. The summed E-state index contributed by atoms with van der Waals surface area (Å²) < 4.78 is 0. The van der Waals surface area contributed by atoms with E-state index < -0.39 is 120 Å². The van der Waals surface area contributed by atoms with Crippen molar-refractivity contribution in [1.29, 1.82) is 0 Å². The van der Waals surface area contributed by atoms with Gasteiger partial charge in [0, 0.05) is 25.8 Å². The molecular weight excluding hydrogens is 885 g/mol. The molecule has 0 saturated heterocycles. The lowest BCUT2D eigenvalue weighted by atomic mass is 9.98. The number of nitrogens with zero attached hydrogens (tertiary/aromatic N) is 1. The predicted octanol–water partition coefficient (Wildman–Crippen LogP) is -2.69. The van der Waals surface area contributed by atoms with Crippen LogP contribution in [0.25, 0.3) is 0 Å². The van der Waals surface area contributed by atoms with Crippen molar-refractivity contribution in [3.8, 4) is 5.75 Å². The monoisotopic (exact) mass is 953 g/mol. The van der Waals surface area contributed by atoms with E-state index in [9.17, 15) is 53.4 Å². The van der Waals surface area contributed by atoms with Crippen molar-refractivity contribution >= 4 is 59.1 Å². The molecule has 0 heterocycles. The number of carbonyl (C=O) groups is 9. The molecule has 17 N–H and O–H groups in total. The number of ketones is 1. The van der Waals surface area contributed by atoms with Crippen molar-refractivity contribution in [2.24, 2.45) is 39.8 Å². The fraction of sp³-hybridized carbons (Fsp3) is 0.511. The fourth-order valence-electron chi connectivity index (χ4n) is 6.49. The van der Waals surface area contributed by atoms with Gasteiger partial charge in [0.2, 0.25) is 41.4 Å². The summed E-state index contributed by atoms with van der Waals surface area (Å²) in [5.74, 6) is -8.52. The first-order valence-electron chi connectivity index (χ1n) is 22.2. The highest BCUT2D eigenvalue weighted by atomic mass is 16.4. The number of carboxylic acid groups (broad SMARTS) is 1. The smallest absolute Gasteiger partial charge is 0.303 e. The van der Waals surface area contributed by atoms with Gasteiger partial charge in [-0.3, -0.25) is 48.1 Å². The summed E-state index contributed by atoms with van der Waals surface area (Å²) in [7, 11) is 0. The largest absolute Gasteiger partial charge is 0.508 e. The highest BCUT2D eigenvalue weighted by Gasteiger charge is 2.35. The summed E-state index contributed by atoms with van der Waals surface area (Å²) >= 11 is 0. The third-order valence-corrected chi connectivity index (χ3v) is 10.4. The van der Waals surface area contributed by atoms with Crippen LogP contribution in [0, 0.1) is 11.8 Å². The van der Waals surface area contributed by atoms with Gasteiger partial charge in [-0.1, -0.05) is 70.2 Å². The van der Waals surface area contributed by atoms with Crippen LogP contribution in [0.15, 0.2) is 59.6 Å². The molecule has 0 bridgehead atoms. The van der Waals surface area contributed by atoms with Crippen molar-refractivity contribution in [2.45, 2.75) is 115 Å². The minimum atomic E-state index is -1.55. The van der Waals surface area contributed by atoms with E-state index in [2.05, 4.69) is 42.2 Å². The van der Waals surface area contributed by atoms with E-state index in [1.807, 2.05) is 0 Å². The highest BCUT2D eigenvalue weighted by Crippen LogP contribution is 2.13. The van der Waals surface area contributed by atoms with E-state index >= 15 is 0 Å². The Morgan fingerprint density at radius 1 is 0.603 bits per heavy atom. The van der Waals surface area contributed by atoms with E-state index in [0.717, 1.165) is 0 Å². The molecule has 23 nitrogen and oxygen atoms in total. The number of benzene rings is 2. The number of phenols is 1. The van der Waals surface area contributed by atoms with Crippen LogP contribution in [0.2, 0.25) is 0 Å². The Balaban J connectivity index is 2.34. The average Bonchev–Trinajstić information content (AvgIpc) is 3.28. The number of aromatic hydroxyl groups is 1. The molecule has 0 aromatic heterocycles. The van der Waals surface area contributed by atoms with Gasteiger partial charge in [-0.25, -0.2) is 0 Å². The SMILES string of the molecule is CC(C)[C@H](NC(=O)[C@H](CCC(=O)O)NC(=O)[C@H](Cc1ccccc1)NC(=O)[C@@H](C)NC(=O)[C@H](Cc1ccc(O)cc1)NC(=O)[C@@H](N)CCCN=C(N)N)C(=O)N[C@H](C(=O)NCC(=O)CN)C(C)C. The summed E-state index contributed by atoms with van der Waals surface area (Å²) in [5.41, 5.74) is 23.3. The van der Waals surface area contributed by atoms with Crippen molar-refractivity contribution in [2.75, 3.05) is 19.6 Å². The van der Waals surface area contributed by atoms with Gasteiger partial charge in [-0.2, -0.15) is 0 Å². The molecule has 0 aliphatic heterocycles. The van der Waals surface area contributed by atoms with Crippen LogP contribution in [-0.4, -0.2) is 131 Å². The molecule has 0 aliphatic carbocycles. The van der Waals surface area contributed by atoms with E-state index in [-0.39, 0.29) is 50.6 Å². The summed E-state index contributed by atoms with van der Waals surface area (Å²) in [5, 5.41) is 37.2. The van der Waals surface area contributed by atoms with Gasteiger partial charge in [0.1, 0.15) is 42.0 Å². The number of hydrogen-bond donors (Lipinski definition) is 13. The number of nitrogens with two attached hydrogens (primary N) is 4. The lowest BCUT2D eigenvalue weighted by Gasteiger charge is -2.29. The molecule has 2 aromatic carbocycles. The zero-order valence-corrected chi connectivity index (χ0v) is 39.1. The Kier molecular flexibility index (Phi) is 24.1. The lowest BCUT2D eigenvalue weighted by Crippen LogP contribution is -2.61. The molecule has 0 fully saturated rings. The maximum absolute atomic E-state index is 14.1. The average molecular weight is 953 g/mol. The van der Waals surface area contributed by atoms with Crippen molar-refractivity contribution < 1.29 is 53.4 Å². The quantitative estimate of drug-likeness (QED) is 0.0224. The minimum Gasteiger partial charge on any atom is -0.508 e. The van der Waals surface area contributed by atoms with Crippen LogP contribution in [0.5, 0.6) is 5.75 Å². The zero-order chi connectivity index (χ0) is 51.1. The first kappa shape index (κ1) is 57.0. The third-order valence-electron chi connectivity index (χ3n) is 10.4. The lowest BCUT2D eigenvalue weighted by molar-refractivity contribution is -0.139. The van der Waals surface area contributed by atoms with Crippen LogP contribution in [0.1, 0.15) is 71.4 Å². The number of carboxylic acids is 1. The molecule has 0 aliphatic rings. The van der Waals surface area contributed by atoms with Crippen LogP contribution in [-0.2, 0) is 56.0 Å². The van der Waals surface area contributed by atoms with Crippen molar-refractivity contribution in [3.05, 3.63) is 65.7 Å². The van der Waals surface area contributed by atoms with E-state index in [4.69, 9.17) is 22.9 Å². The second kappa shape index (κ2) is 28.8. The molecule has 23 heteroatoms. The third kappa shape index (κ3) is 20.6. The maximum atomic E-state index is 14.1. The number of amides is 7. The van der Waals surface area contributed by atoms with Gasteiger partial charge in [0.15, 0.2) is 11.7 Å². The van der Waals surface area contributed by atoms with Gasteiger partial charge in [-0.05, 0) is 61.3 Å². The maximum Gasteiger partial charge on any atom is 0.303 e.